The lowest BCUT2D eigenvalue weighted by atomic mass is 9.92. The summed E-state index contributed by atoms with van der Waals surface area (Å²) in [7, 11) is 1.52. The number of ether oxygens (including phenoxy) is 2. The Hall–Kier alpha value is -3.76. The summed E-state index contributed by atoms with van der Waals surface area (Å²) in [6.45, 7) is 9.13. The lowest BCUT2D eigenvalue weighted by Crippen LogP contribution is -2.35. The molecule has 0 bridgehead atoms. The van der Waals surface area contributed by atoms with Crippen molar-refractivity contribution >= 4 is 34.2 Å². The maximum Gasteiger partial charge on any atom is 0.408 e. The number of benzene rings is 2. The third-order valence-electron chi connectivity index (χ3n) is 4.86. The number of hydrogen-bond acceptors (Lipinski definition) is 6. The van der Waals surface area contributed by atoms with Crippen LogP contribution in [0.25, 0.3) is 22.0 Å². The van der Waals surface area contributed by atoms with Crippen LogP contribution in [0.15, 0.2) is 54.6 Å². The van der Waals surface area contributed by atoms with E-state index in [1.165, 1.54) is 7.11 Å². The summed E-state index contributed by atoms with van der Waals surface area (Å²) < 4.78 is 11.0. The molecule has 3 aromatic rings. The smallest absolute Gasteiger partial charge is 0.408 e. The average molecular weight is 465 g/mol. The normalized spacial score (nSPS) is 12.0. The largest absolute Gasteiger partial charge is 0.496 e. The van der Waals surface area contributed by atoms with E-state index in [-0.39, 0.29) is 10.7 Å². The van der Waals surface area contributed by atoms with Gasteiger partial charge in [-0.05, 0) is 55.8 Å². The molecule has 1 heterocycles. The predicted molar refractivity (Wildman–Crippen MR) is 130 cm³/mol. The van der Waals surface area contributed by atoms with E-state index in [1.807, 2.05) is 30.3 Å². The van der Waals surface area contributed by atoms with Crippen LogP contribution in [0, 0.1) is 11.3 Å². The third-order valence-corrected chi connectivity index (χ3v) is 5.16. The maximum atomic E-state index is 12.6. The Morgan fingerprint density at radius 3 is 2.55 bits per heavy atom. The molecule has 170 valence electrons. The Labute approximate surface area is 197 Å². The minimum atomic E-state index is -0.873. The van der Waals surface area contributed by atoms with Gasteiger partial charge in [-0.3, -0.25) is 0 Å². The quantitative estimate of drug-likeness (QED) is 0.365. The van der Waals surface area contributed by atoms with Gasteiger partial charge in [0.25, 0.3) is 0 Å². The second kappa shape index (κ2) is 9.39. The lowest BCUT2D eigenvalue weighted by molar-refractivity contribution is 0.0512. The molecular weight excluding hydrogens is 440 g/mol. The zero-order valence-electron chi connectivity index (χ0n) is 18.9. The molecular formula is C25H25ClN4O3. The van der Waals surface area contributed by atoms with Crippen LogP contribution < -0.4 is 15.8 Å². The van der Waals surface area contributed by atoms with E-state index in [0.29, 0.717) is 22.7 Å². The SMILES string of the molecule is C=C(C#N)C(NC(=O)OC(C)(C)C)c1c(OC)ccc2ccc(-c3ccc(N)c(Cl)n3)cc12. The van der Waals surface area contributed by atoms with Crippen molar-refractivity contribution in [3.05, 3.63) is 65.3 Å². The summed E-state index contributed by atoms with van der Waals surface area (Å²) in [4.78, 5) is 17.0. The van der Waals surface area contributed by atoms with Crippen LogP contribution in [0.3, 0.4) is 0 Å². The van der Waals surface area contributed by atoms with Gasteiger partial charge in [-0.1, -0.05) is 36.4 Å². The number of nitrogens with zero attached hydrogens (tertiary/aromatic N) is 2. The summed E-state index contributed by atoms with van der Waals surface area (Å²) in [5.74, 6) is 0.486. The first-order chi connectivity index (χ1) is 15.5. The molecule has 0 aliphatic rings. The van der Waals surface area contributed by atoms with Crippen LogP contribution in [0.1, 0.15) is 32.4 Å². The zero-order valence-corrected chi connectivity index (χ0v) is 19.7. The minimum Gasteiger partial charge on any atom is -0.496 e. The predicted octanol–water partition coefficient (Wildman–Crippen LogP) is 5.79. The number of fused-ring (bicyclic) bond motifs is 1. The number of alkyl carbamates (subject to hydrolysis) is 1. The molecule has 1 amide bonds. The molecule has 3 rings (SSSR count). The van der Waals surface area contributed by atoms with Crippen molar-refractivity contribution in [1.29, 1.82) is 5.26 Å². The summed E-state index contributed by atoms with van der Waals surface area (Å²) in [5, 5.41) is 14.2. The molecule has 8 heteroatoms. The van der Waals surface area contributed by atoms with Gasteiger partial charge in [-0.25, -0.2) is 9.78 Å². The fourth-order valence-electron chi connectivity index (χ4n) is 3.39. The monoisotopic (exact) mass is 464 g/mol. The number of nitriles is 1. The van der Waals surface area contributed by atoms with Gasteiger partial charge >= 0.3 is 6.09 Å². The molecule has 2 aromatic carbocycles. The fourth-order valence-corrected chi connectivity index (χ4v) is 3.54. The third kappa shape index (κ3) is 5.36. The summed E-state index contributed by atoms with van der Waals surface area (Å²) in [6, 6.07) is 14.0. The molecule has 1 atom stereocenters. The van der Waals surface area contributed by atoms with Gasteiger partial charge in [-0.2, -0.15) is 5.26 Å². The fraction of sp³-hybridized carbons (Fsp3) is 0.240. The van der Waals surface area contributed by atoms with E-state index in [0.717, 1.165) is 16.3 Å². The highest BCUT2D eigenvalue weighted by Crippen LogP contribution is 2.38. The molecule has 33 heavy (non-hydrogen) atoms. The van der Waals surface area contributed by atoms with Gasteiger partial charge in [0.15, 0.2) is 5.15 Å². The first-order valence-corrected chi connectivity index (χ1v) is 10.5. The van der Waals surface area contributed by atoms with Crippen molar-refractivity contribution in [2.45, 2.75) is 32.4 Å². The van der Waals surface area contributed by atoms with Gasteiger partial charge < -0.3 is 20.5 Å². The van der Waals surface area contributed by atoms with E-state index >= 15 is 0 Å². The number of halogens is 1. The second-order valence-corrected chi connectivity index (χ2v) is 8.77. The second-order valence-electron chi connectivity index (χ2n) is 8.41. The Morgan fingerprint density at radius 2 is 1.94 bits per heavy atom. The van der Waals surface area contributed by atoms with Gasteiger partial charge in [0.1, 0.15) is 11.4 Å². The molecule has 0 aliphatic heterocycles. The first kappa shape index (κ1) is 23.9. The number of carbonyl (C=O) groups is 1. The Bertz CT molecular complexity index is 1280. The molecule has 0 fully saturated rings. The standard InChI is InChI=1S/C25H25ClN4O3/c1-14(13-27)22(30-24(31)33-25(2,3)4)21-17-12-16(19-10-9-18(28)23(26)29-19)7-6-15(17)8-11-20(21)32-5/h6-12,22H,1,28H2,2-5H3,(H,30,31). The van der Waals surface area contributed by atoms with Crippen molar-refractivity contribution in [1.82, 2.24) is 10.3 Å². The van der Waals surface area contributed by atoms with Crippen LogP contribution in [0.4, 0.5) is 10.5 Å². The average Bonchev–Trinajstić information content (AvgIpc) is 2.76. The number of aromatic nitrogens is 1. The van der Waals surface area contributed by atoms with E-state index in [9.17, 15) is 10.1 Å². The molecule has 0 aliphatic carbocycles. The number of anilines is 1. The van der Waals surface area contributed by atoms with Crippen molar-refractivity contribution in [2.24, 2.45) is 0 Å². The van der Waals surface area contributed by atoms with Crippen LogP contribution in [0.5, 0.6) is 5.75 Å². The highest BCUT2D eigenvalue weighted by molar-refractivity contribution is 6.31. The van der Waals surface area contributed by atoms with Crippen molar-refractivity contribution in [3.63, 3.8) is 0 Å². The molecule has 0 saturated heterocycles. The summed E-state index contributed by atoms with van der Waals surface area (Å²) in [5.41, 5.74) is 7.58. The molecule has 7 nitrogen and oxygen atoms in total. The number of methoxy groups -OCH3 is 1. The van der Waals surface area contributed by atoms with Crippen LogP contribution >= 0.6 is 11.6 Å². The van der Waals surface area contributed by atoms with Crippen LogP contribution in [-0.2, 0) is 4.74 Å². The van der Waals surface area contributed by atoms with E-state index in [2.05, 4.69) is 16.9 Å². The number of rotatable bonds is 5. The number of nitrogen functional groups attached to an aromatic ring is 1. The zero-order chi connectivity index (χ0) is 24.3. The van der Waals surface area contributed by atoms with Gasteiger partial charge in [0, 0.05) is 16.7 Å². The van der Waals surface area contributed by atoms with Crippen LogP contribution in [0.2, 0.25) is 5.15 Å². The van der Waals surface area contributed by atoms with E-state index in [4.69, 9.17) is 26.8 Å². The highest BCUT2D eigenvalue weighted by atomic mass is 35.5. The van der Waals surface area contributed by atoms with E-state index < -0.39 is 17.7 Å². The number of amides is 1. The number of carbonyl (C=O) groups excluding carboxylic acids is 1. The number of nitrogens with two attached hydrogens (primary N) is 1. The summed E-state index contributed by atoms with van der Waals surface area (Å²) in [6.07, 6.45) is -0.675. The van der Waals surface area contributed by atoms with Crippen molar-refractivity contribution in [3.8, 4) is 23.1 Å². The van der Waals surface area contributed by atoms with E-state index in [1.54, 1.807) is 39.0 Å². The van der Waals surface area contributed by atoms with Gasteiger partial charge in [0.2, 0.25) is 0 Å². The molecule has 0 radical (unpaired) electrons. The molecule has 1 unspecified atom stereocenters. The number of hydrogen-bond donors (Lipinski definition) is 2. The first-order valence-electron chi connectivity index (χ1n) is 10.2. The Kier molecular flexibility index (Phi) is 6.80. The molecule has 3 N–H and O–H groups in total. The number of nitrogens with one attached hydrogen (secondary N) is 1. The highest BCUT2D eigenvalue weighted by Gasteiger charge is 2.27. The van der Waals surface area contributed by atoms with Crippen LogP contribution in [-0.4, -0.2) is 23.8 Å². The van der Waals surface area contributed by atoms with Crippen molar-refractivity contribution in [2.75, 3.05) is 12.8 Å². The molecule has 1 aromatic heterocycles. The van der Waals surface area contributed by atoms with Gasteiger partial charge in [0.05, 0.1) is 30.6 Å². The lowest BCUT2D eigenvalue weighted by Gasteiger charge is -2.25. The van der Waals surface area contributed by atoms with Crippen molar-refractivity contribution < 1.29 is 14.3 Å². The summed E-state index contributed by atoms with van der Waals surface area (Å²) >= 11 is 6.12. The maximum absolute atomic E-state index is 12.6. The molecule has 0 spiro atoms. The molecule has 0 saturated carbocycles. The van der Waals surface area contributed by atoms with Gasteiger partial charge in [-0.15, -0.1) is 0 Å². The number of pyridine rings is 1. The minimum absolute atomic E-state index is 0.130. The Balaban J connectivity index is 2.20. The Morgan fingerprint density at radius 1 is 1.24 bits per heavy atom. The topological polar surface area (TPSA) is 110 Å².